The Morgan fingerprint density at radius 2 is 2.05 bits per heavy atom. The molecule has 6 heteroatoms. The summed E-state index contributed by atoms with van der Waals surface area (Å²) in [4.78, 5) is 37.6. The minimum Gasteiger partial charge on any atom is -0.481 e. The van der Waals surface area contributed by atoms with Crippen molar-refractivity contribution in [1.29, 1.82) is 0 Å². The third-order valence-corrected chi connectivity index (χ3v) is 3.73. The molecule has 21 heavy (non-hydrogen) atoms. The van der Waals surface area contributed by atoms with E-state index >= 15 is 0 Å². The molecular formula is C15H18N2O4. The van der Waals surface area contributed by atoms with Crippen LogP contribution in [0, 0.1) is 6.92 Å². The normalized spacial score (nSPS) is 18.2. The summed E-state index contributed by atoms with van der Waals surface area (Å²) in [5.74, 6) is -1.45. The molecule has 6 nitrogen and oxygen atoms in total. The molecule has 1 atom stereocenters. The zero-order valence-electron chi connectivity index (χ0n) is 12.1. The minimum atomic E-state index is -0.932. The van der Waals surface area contributed by atoms with Gasteiger partial charge in [-0.25, -0.2) is 0 Å². The van der Waals surface area contributed by atoms with E-state index in [9.17, 15) is 14.4 Å². The van der Waals surface area contributed by atoms with Gasteiger partial charge in [0.05, 0.1) is 12.8 Å². The first-order valence-corrected chi connectivity index (χ1v) is 6.76. The van der Waals surface area contributed by atoms with Crippen molar-refractivity contribution >= 4 is 23.5 Å². The van der Waals surface area contributed by atoms with Crippen molar-refractivity contribution in [1.82, 2.24) is 4.90 Å². The maximum absolute atomic E-state index is 12.2. The number of carboxylic acid groups (broad SMARTS) is 1. The Bertz CT molecular complexity index is 585. The second-order valence-electron chi connectivity index (χ2n) is 5.13. The zero-order valence-corrected chi connectivity index (χ0v) is 12.1. The van der Waals surface area contributed by atoms with Crippen molar-refractivity contribution in [2.24, 2.45) is 0 Å². The average molecular weight is 290 g/mol. The molecule has 2 amide bonds. The SMILES string of the molecule is Cc1ccccc1N(CCC(=O)O)C1CC(=O)N(C)C1=O. The van der Waals surface area contributed by atoms with Crippen molar-refractivity contribution < 1.29 is 19.5 Å². The van der Waals surface area contributed by atoms with Gasteiger partial charge < -0.3 is 10.0 Å². The summed E-state index contributed by atoms with van der Waals surface area (Å²) in [5.41, 5.74) is 1.73. The Hall–Kier alpha value is -2.37. The van der Waals surface area contributed by atoms with Crippen LogP contribution in [0.4, 0.5) is 5.69 Å². The highest BCUT2D eigenvalue weighted by molar-refractivity contribution is 6.06. The molecular weight excluding hydrogens is 272 g/mol. The van der Waals surface area contributed by atoms with Gasteiger partial charge in [0.1, 0.15) is 6.04 Å². The van der Waals surface area contributed by atoms with Gasteiger partial charge in [0.25, 0.3) is 5.91 Å². The molecule has 112 valence electrons. The zero-order chi connectivity index (χ0) is 15.6. The fourth-order valence-corrected chi connectivity index (χ4v) is 2.53. The van der Waals surface area contributed by atoms with Crippen LogP contribution in [-0.2, 0) is 14.4 Å². The van der Waals surface area contributed by atoms with Crippen LogP contribution in [0.5, 0.6) is 0 Å². The highest BCUT2D eigenvalue weighted by atomic mass is 16.4. The number of anilines is 1. The van der Waals surface area contributed by atoms with E-state index in [1.165, 1.54) is 7.05 Å². The maximum Gasteiger partial charge on any atom is 0.305 e. The molecule has 0 radical (unpaired) electrons. The molecule has 0 spiro atoms. The lowest BCUT2D eigenvalue weighted by Crippen LogP contribution is -2.42. The number of likely N-dealkylation sites (tertiary alicyclic amines) is 1. The maximum atomic E-state index is 12.2. The van der Waals surface area contributed by atoms with E-state index in [0.29, 0.717) is 0 Å². The number of carboxylic acids is 1. The number of hydrogen-bond donors (Lipinski definition) is 1. The van der Waals surface area contributed by atoms with Crippen LogP contribution in [0.2, 0.25) is 0 Å². The second-order valence-corrected chi connectivity index (χ2v) is 5.13. The minimum absolute atomic E-state index is 0.0866. The number of imide groups is 1. The predicted molar refractivity (Wildman–Crippen MR) is 77.0 cm³/mol. The van der Waals surface area contributed by atoms with Gasteiger partial charge in [-0.05, 0) is 18.6 Å². The topological polar surface area (TPSA) is 77.9 Å². The molecule has 1 N–H and O–H groups in total. The van der Waals surface area contributed by atoms with E-state index < -0.39 is 12.0 Å². The molecule has 0 aliphatic carbocycles. The van der Waals surface area contributed by atoms with Gasteiger partial charge in [-0.2, -0.15) is 0 Å². The first kappa shape index (κ1) is 15.0. The van der Waals surface area contributed by atoms with Gasteiger partial charge in [0.2, 0.25) is 5.91 Å². The molecule has 0 bridgehead atoms. The van der Waals surface area contributed by atoms with Gasteiger partial charge in [-0.15, -0.1) is 0 Å². The number of likely N-dealkylation sites (N-methyl/N-ethyl adjacent to an activating group) is 1. The largest absolute Gasteiger partial charge is 0.481 e. The molecule has 0 aromatic heterocycles. The quantitative estimate of drug-likeness (QED) is 0.820. The molecule has 1 unspecified atom stereocenters. The van der Waals surface area contributed by atoms with Crippen LogP contribution in [0.25, 0.3) is 0 Å². The predicted octanol–water partition coefficient (Wildman–Crippen LogP) is 1.03. The van der Waals surface area contributed by atoms with Gasteiger partial charge in [-0.1, -0.05) is 18.2 Å². The van der Waals surface area contributed by atoms with Crippen molar-refractivity contribution in [2.45, 2.75) is 25.8 Å². The Kier molecular flexibility index (Phi) is 4.26. The molecule has 1 saturated heterocycles. The molecule has 1 heterocycles. The number of nitrogens with zero attached hydrogens (tertiary/aromatic N) is 2. The first-order valence-electron chi connectivity index (χ1n) is 6.76. The number of aryl methyl sites for hydroxylation is 1. The van der Waals surface area contributed by atoms with E-state index in [2.05, 4.69) is 0 Å². The monoisotopic (exact) mass is 290 g/mol. The fraction of sp³-hybridized carbons (Fsp3) is 0.400. The molecule has 1 aliphatic heterocycles. The van der Waals surface area contributed by atoms with Crippen LogP contribution < -0.4 is 4.90 Å². The van der Waals surface area contributed by atoms with Gasteiger partial charge in [0.15, 0.2) is 0 Å². The van der Waals surface area contributed by atoms with E-state index in [1.807, 2.05) is 31.2 Å². The molecule has 0 saturated carbocycles. The molecule has 2 rings (SSSR count). The van der Waals surface area contributed by atoms with Crippen molar-refractivity contribution in [3.05, 3.63) is 29.8 Å². The van der Waals surface area contributed by atoms with Gasteiger partial charge in [0, 0.05) is 19.3 Å². The number of rotatable bonds is 5. The lowest BCUT2D eigenvalue weighted by atomic mass is 10.1. The van der Waals surface area contributed by atoms with Crippen LogP contribution >= 0.6 is 0 Å². The molecule has 1 fully saturated rings. The fourth-order valence-electron chi connectivity index (χ4n) is 2.53. The molecule has 1 aromatic rings. The standard InChI is InChI=1S/C15H18N2O4/c1-10-5-3-4-6-11(10)17(8-7-14(19)20)12-9-13(18)16(2)15(12)21/h3-6,12H,7-9H2,1-2H3,(H,19,20). The van der Waals surface area contributed by atoms with E-state index in [1.54, 1.807) is 4.90 Å². The first-order chi connectivity index (χ1) is 9.91. The average Bonchev–Trinajstić information content (AvgIpc) is 2.69. The number of benzene rings is 1. The van der Waals surface area contributed by atoms with Crippen molar-refractivity contribution in [2.75, 3.05) is 18.5 Å². The third kappa shape index (κ3) is 3.04. The number of para-hydroxylation sites is 1. The number of carbonyl (C=O) groups excluding carboxylic acids is 2. The van der Waals surface area contributed by atoms with Crippen molar-refractivity contribution in [3.63, 3.8) is 0 Å². The Morgan fingerprint density at radius 3 is 2.57 bits per heavy atom. The molecule has 1 aliphatic rings. The van der Waals surface area contributed by atoms with Crippen LogP contribution in [0.3, 0.4) is 0 Å². The smallest absolute Gasteiger partial charge is 0.305 e. The van der Waals surface area contributed by atoms with Crippen LogP contribution in [0.1, 0.15) is 18.4 Å². The third-order valence-electron chi connectivity index (χ3n) is 3.73. The summed E-state index contributed by atoms with van der Waals surface area (Å²) in [6.07, 6.45) is -0.000689. The molecule has 1 aromatic carbocycles. The number of amides is 2. The lowest BCUT2D eigenvalue weighted by molar-refractivity contribution is -0.138. The van der Waals surface area contributed by atoms with E-state index in [4.69, 9.17) is 5.11 Å². The Morgan fingerprint density at radius 1 is 1.38 bits per heavy atom. The number of hydrogen-bond acceptors (Lipinski definition) is 4. The van der Waals surface area contributed by atoms with Gasteiger partial charge >= 0.3 is 5.97 Å². The summed E-state index contributed by atoms with van der Waals surface area (Å²) >= 11 is 0. The number of aliphatic carboxylic acids is 1. The highest BCUT2D eigenvalue weighted by Crippen LogP contribution is 2.27. The van der Waals surface area contributed by atoms with Crippen LogP contribution in [-0.4, -0.2) is 47.4 Å². The Balaban J connectivity index is 2.33. The summed E-state index contributed by atoms with van der Waals surface area (Å²) in [5, 5.41) is 8.90. The van der Waals surface area contributed by atoms with E-state index in [0.717, 1.165) is 16.2 Å². The second kappa shape index (κ2) is 5.95. The summed E-state index contributed by atoms with van der Waals surface area (Å²) in [7, 11) is 1.46. The van der Waals surface area contributed by atoms with Crippen LogP contribution in [0.15, 0.2) is 24.3 Å². The summed E-state index contributed by atoms with van der Waals surface area (Å²) in [6.45, 7) is 2.09. The highest BCUT2D eigenvalue weighted by Gasteiger charge is 2.40. The van der Waals surface area contributed by atoms with E-state index in [-0.39, 0.29) is 31.2 Å². The van der Waals surface area contributed by atoms with Gasteiger partial charge in [-0.3, -0.25) is 19.3 Å². The Labute approximate surface area is 123 Å². The number of carbonyl (C=O) groups is 3. The van der Waals surface area contributed by atoms with Crippen molar-refractivity contribution in [3.8, 4) is 0 Å². The summed E-state index contributed by atoms with van der Waals surface area (Å²) in [6, 6.07) is 6.83. The summed E-state index contributed by atoms with van der Waals surface area (Å²) < 4.78 is 0. The lowest BCUT2D eigenvalue weighted by Gasteiger charge is -2.30.